The van der Waals surface area contributed by atoms with Crippen LogP contribution in [0, 0.1) is 5.92 Å². The van der Waals surface area contributed by atoms with E-state index in [0.717, 1.165) is 0 Å². The van der Waals surface area contributed by atoms with Crippen molar-refractivity contribution in [3.63, 3.8) is 0 Å². The van der Waals surface area contributed by atoms with Crippen LogP contribution in [0.15, 0.2) is 17.5 Å². The van der Waals surface area contributed by atoms with Crippen LogP contribution in [0.1, 0.15) is 16.1 Å². The first kappa shape index (κ1) is 13.5. The molecule has 102 valence electrons. The Kier molecular flexibility index (Phi) is 4.16. The van der Waals surface area contributed by atoms with Crippen molar-refractivity contribution in [2.75, 3.05) is 19.6 Å². The Morgan fingerprint density at radius 2 is 2.26 bits per heavy atom. The lowest BCUT2D eigenvalue weighted by molar-refractivity contribution is -0.141. The lowest BCUT2D eigenvalue weighted by Crippen LogP contribution is -2.39. The van der Waals surface area contributed by atoms with Gasteiger partial charge in [-0.05, 0) is 17.9 Å². The van der Waals surface area contributed by atoms with E-state index in [2.05, 4.69) is 5.32 Å². The molecule has 2 heterocycles. The molecule has 2 rings (SSSR count). The summed E-state index contributed by atoms with van der Waals surface area (Å²) in [5, 5.41) is 13.2. The fraction of sp³-hybridized carbons (Fsp3) is 0.417. The summed E-state index contributed by atoms with van der Waals surface area (Å²) in [5.74, 6) is -1.89. The number of carboxylic acids is 1. The number of nitrogens with zero attached hydrogens (tertiary/aromatic N) is 1. The minimum Gasteiger partial charge on any atom is -0.481 e. The van der Waals surface area contributed by atoms with Gasteiger partial charge >= 0.3 is 5.97 Å². The molecule has 1 aromatic rings. The fourth-order valence-corrected chi connectivity index (χ4v) is 2.59. The highest BCUT2D eigenvalue weighted by atomic mass is 32.1. The Morgan fingerprint density at radius 3 is 2.84 bits per heavy atom. The van der Waals surface area contributed by atoms with Crippen molar-refractivity contribution in [1.82, 2.24) is 10.2 Å². The first-order valence-electron chi connectivity index (χ1n) is 5.90. The second kappa shape index (κ2) is 5.83. The minimum atomic E-state index is -0.877. The summed E-state index contributed by atoms with van der Waals surface area (Å²) in [4.78, 5) is 36.3. The molecule has 6 nitrogen and oxygen atoms in total. The molecule has 0 aliphatic carbocycles. The molecule has 0 aromatic carbocycles. The Bertz CT molecular complexity index is 486. The van der Waals surface area contributed by atoms with Crippen LogP contribution in [0.4, 0.5) is 0 Å². The number of nitrogens with one attached hydrogen (secondary N) is 1. The van der Waals surface area contributed by atoms with Gasteiger partial charge < -0.3 is 15.3 Å². The van der Waals surface area contributed by atoms with Gasteiger partial charge in [-0.2, -0.15) is 0 Å². The molecule has 1 aliphatic rings. The molecule has 1 saturated heterocycles. The smallest absolute Gasteiger partial charge is 0.308 e. The van der Waals surface area contributed by atoms with Gasteiger partial charge in [-0.3, -0.25) is 14.4 Å². The molecule has 1 atom stereocenters. The number of aliphatic carboxylic acids is 1. The van der Waals surface area contributed by atoms with Crippen LogP contribution in [0.25, 0.3) is 0 Å². The molecular weight excluding hydrogens is 268 g/mol. The molecule has 0 saturated carbocycles. The van der Waals surface area contributed by atoms with E-state index in [-0.39, 0.29) is 24.9 Å². The number of amides is 2. The van der Waals surface area contributed by atoms with Gasteiger partial charge in [0.1, 0.15) is 0 Å². The number of hydrogen-bond acceptors (Lipinski definition) is 4. The first-order chi connectivity index (χ1) is 9.08. The van der Waals surface area contributed by atoms with Gasteiger partial charge in [0.05, 0.1) is 17.3 Å². The number of carboxylic acid groups (broad SMARTS) is 1. The fourth-order valence-electron chi connectivity index (χ4n) is 1.95. The van der Waals surface area contributed by atoms with E-state index in [0.29, 0.717) is 17.8 Å². The zero-order chi connectivity index (χ0) is 13.8. The molecule has 2 N–H and O–H groups in total. The monoisotopic (exact) mass is 282 g/mol. The molecule has 0 radical (unpaired) electrons. The van der Waals surface area contributed by atoms with Crippen LogP contribution in [-0.4, -0.2) is 47.4 Å². The predicted octanol–water partition coefficient (Wildman–Crippen LogP) is 0.411. The second-order valence-electron chi connectivity index (χ2n) is 4.32. The SMILES string of the molecule is O=C(NCC(=O)N1CCC(C(=O)O)C1)c1cccs1. The number of rotatable bonds is 4. The van der Waals surface area contributed by atoms with Crippen molar-refractivity contribution in [2.45, 2.75) is 6.42 Å². The molecule has 7 heteroatoms. The normalized spacial score (nSPS) is 18.3. The van der Waals surface area contributed by atoms with E-state index in [9.17, 15) is 14.4 Å². The molecule has 1 aromatic heterocycles. The summed E-state index contributed by atoms with van der Waals surface area (Å²) in [7, 11) is 0. The summed E-state index contributed by atoms with van der Waals surface area (Å²) >= 11 is 1.30. The molecule has 1 unspecified atom stereocenters. The van der Waals surface area contributed by atoms with Crippen LogP contribution in [0.5, 0.6) is 0 Å². The van der Waals surface area contributed by atoms with Crippen molar-refractivity contribution in [3.05, 3.63) is 22.4 Å². The standard InChI is InChI=1S/C12H14N2O4S/c15-10(14-4-3-8(7-14)12(17)18)6-13-11(16)9-2-1-5-19-9/h1-2,5,8H,3-4,6-7H2,(H,13,16)(H,17,18). The maximum Gasteiger partial charge on any atom is 0.308 e. The van der Waals surface area contributed by atoms with Crippen LogP contribution >= 0.6 is 11.3 Å². The third-order valence-corrected chi connectivity index (χ3v) is 3.90. The van der Waals surface area contributed by atoms with Crippen molar-refractivity contribution in [2.24, 2.45) is 5.92 Å². The van der Waals surface area contributed by atoms with Gasteiger partial charge in [0.15, 0.2) is 0 Å². The number of carbonyl (C=O) groups is 3. The third kappa shape index (κ3) is 3.31. The average Bonchev–Trinajstić information content (AvgIpc) is 3.05. The summed E-state index contributed by atoms with van der Waals surface area (Å²) in [6.45, 7) is 0.566. The van der Waals surface area contributed by atoms with Crippen LogP contribution < -0.4 is 5.32 Å². The molecule has 1 fully saturated rings. The van der Waals surface area contributed by atoms with Gasteiger partial charge in [-0.25, -0.2) is 0 Å². The Labute approximate surface area is 114 Å². The average molecular weight is 282 g/mol. The topological polar surface area (TPSA) is 86.7 Å². The third-order valence-electron chi connectivity index (χ3n) is 3.04. The van der Waals surface area contributed by atoms with E-state index in [1.165, 1.54) is 16.2 Å². The second-order valence-corrected chi connectivity index (χ2v) is 5.27. The molecule has 19 heavy (non-hydrogen) atoms. The van der Waals surface area contributed by atoms with Gasteiger partial charge in [0.25, 0.3) is 5.91 Å². The van der Waals surface area contributed by atoms with Crippen LogP contribution in [0.2, 0.25) is 0 Å². The molecule has 0 bridgehead atoms. The number of thiophene rings is 1. The minimum absolute atomic E-state index is 0.0942. The Hall–Kier alpha value is -1.89. The zero-order valence-corrected chi connectivity index (χ0v) is 11.0. The largest absolute Gasteiger partial charge is 0.481 e. The quantitative estimate of drug-likeness (QED) is 0.837. The summed E-state index contributed by atoms with van der Waals surface area (Å²) < 4.78 is 0. The van der Waals surface area contributed by atoms with E-state index >= 15 is 0 Å². The number of likely N-dealkylation sites (tertiary alicyclic amines) is 1. The summed E-state index contributed by atoms with van der Waals surface area (Å²) in [6.07, 6.45) is 0.472. The summed E-state index contributed by atoms with van der Waals surface area (Å²) in [5.41, 5.74) is 0. The maximum atomic E-state index is 11.8. The molecule has 0 spiro atoms. The van der Waals surface area contributed by atoms with Gasteiger partial charge in [0.2, 0.25) is 5.91 Å². The summed E-state index contributed by atoms with van der Waals surface area (Å²) in [6, 6.07) is 3.44. The number of hydrogen-bond donors (Lipinski definition) is 2. The Balaban J connectivity index is 1.79. The van der Waals surface area contributed by atoms with Gasteiger partial charge in [-0.1, -0.05) is 6.07 Å². The van der Waals surface area contributed by atoms with Crippen molar-refractivity contribution < 1.29 is 19.5 Å². The van der Waals surface area contributed by atoms with E-state index in [1.807, 2.05) is 0 Å². The molecule has 2 amide bonds. The maximum absolute atomic E-state index is 11.8. The van der Waals surface area contributed by atoms with Gasteiger partial charge in [0, 0.05) is 13.1 Å². The highest BCUT2D eigenvalue weighted by Gasteiger charge is 2.30. The highest BCUT2D eigenvalue weighted by Crippen LogP contribution is 2.16. The van der Waals surface area contributed by atoms with Crippen molar-refractivity contribution in [1.29, 1.82) is 0 Å². The van der Waals surface area contributed by atoms with Gasteiger partial charge in [-0.15, -0.1) is 11.3 Å². The lowest BCUT2D eigenvalue weighted by Gasteiger charge is -2.15. The Morgan fingerprint density at radius 1 is 1.47 bits per heavy atom. The first-order valence-corrected chi connectivity index (χ1v) is 6.78. The number of carbonyl (C=O) groups excluding carboxylic acids is 2. The molecule has 1 aliphatic heterocycles. The van der Waals surface area contributed by atoms with Crippen molar-refractivity contribution >= 4 is 29.1 Å². The highest BCUT2D eigenvalue weighted by molar-refractivity contribution is 7.12. The molecular formula is C12H14N2O4S. The lowest BCUT2D eigenvalue weighted by atomic mass is 10.1. The zero-order valence-electron chi connectivity index (χ0n) is 10.2. The van der Waals surface area contributed by atoms with E-state index < -0.39 is 11.9 Å². The van der Waals surface area contributed by atoms with Crippen LogP contribution in [0.3, 0.4) is 0 Å². The van der Waals surface area contributed by atoms with E-state index in [1.54, 1.807) is 17.5 Å². The van der Waals surface area contributed by atoms with E-state index in [4.69, 9.17) is 5.11 Å². The van der Waals surface area contributed by atoms with Crippen molar-refractivity contribution in [3.8, 4) is 0 Å². The predicted molar refractivity (Wildman–Crippen MR) is 69.0 cm³/mol. The van der Waals surface area contributed by atoms with Crippen LogP contribution in [-0.2, 0) is 9.59 Å².